The summed E-state index contributed by atoms with van der Waals surface area (Å²) in [6, 6.07) is 12.4. The highest BCUT2D eigenvalue weighted by Gasteiger charge is 2.45. The van der Waals surface area contributed by atoms with Crippen molar-refractivity contribution in [1.29, 1.82) is 0 Å². The van der Waals surface area contributed by atoms with Gasteiger partial charge in [0.05, 0.1) is 5.69 Å². The van der Waals surface area contributed by atoms with E-state index in [9.17, 15) is 4.79 Å². The monoisotopic (exact) mass is 255 g/mol. The first-order valence-corrected chi connectivity index (χ1v) is 6.37. The fourth-order valence-electron chi connectivity index (χ4n) is 2.60. The van der Waals surface area contributed by atoms with Crippen LogP contribution >= 0.6 is 0 Å². The Bertz CT molecular complexity index is 653. The highest BCUT2D eigenvalue weighted by atomic mass is 19.1. The van der Waals surface area contributed by atoms with E-state index in [-0.39, 0.29) is 12.1 Å². The van der Waals surface area contributed by atoms with Crippen molar-refractivity contribution < 1.29 is 9.18 Å². The largest absolute Gasteiger partial charge is 0.290 e. The first-order valence-electron chi connectivity index (χ1n) is 6.37. The van der Waals surface area contributed by atoms with Gasteiger partial charge in [0.15, 0.2) is 0 Å². The highest BCUT2D eigenvalue weighted by molar-refractivity contribution is 6.04. The summed E-state index contributed by atoms with van der Waals surface area (Å²) in [4.78, 5) is 16.6. The van der Waals surface area contributed by atoms with Crippen LogP contribution in [0.15, 0.2) is 42.5 Å². The first kappa shape index (κ1) is 12.0. The van der Waals surface area contributed by atoms with E-state index < -0.39 is 11.5 Å². The quantitative estimate of drug-likeness (QED) is 0.781. The molecule has 1 aromatic carbocycles. The third-order valence-electron chi connectivity index (χ3n) is 3.66. The number of ketones is 1. The van der Waals surface area contributed by atoms with Crippen molar-refractivity contribution in [2.24, 2.45) is 0 Å². The Kier molecular flexibility index (Phi) is 2.70. The van der Waals surface area contributed by atoms with Crippen LogP contribution in [0.5, 0.6) is 0 Å². The molecule has 1 atom stereocenters. The lowest BCUT2D eigenvalue weighted by Crippen LogP contribution is -2.37. The van der Waals surface area contributed by atoms with Crippen LogP contribution in [0.25, 0.3) is 0 Å². The minimum Gasteiger partial charge on any atom is -0.290 e. The summed E-state index contributed by atoms with van der Waals surface area (Å²) in [6.07, 6.45) is 0.729. The van der Waals surface area contributed by atoms with Crippen LogP contribution in [0.1, 0.15) is 33.7 Å². The molecule has 0 spiro atoms. The second kappa shape index (κ2) is 4.26. The number of fused-ring (bicyclic) bond motifs is 1. The molecular formula is C16H14FNO. The summed E-state index contributed by atoms with van der Waals surface area (Å²) in [7, 11) is 0. The zero-order valence-electron chi connectivity index (χ0n) is 10.7. The number of Topliss-reactive ketones (excluding diaryl/α,β-unsaturated/α-hetero) is 1. The molecule has 0 radical (unpaired) electrons. The van der Waals surface area contributed by atoms with Gasteiger partial charge in [-0.25, -0.2) is 4.39 Å². The van der Waals surface area contributed by atoms with Crippen molar-refractivity contribution in [2.75, 3.05) is 0 Å². The Balaban J connectivity index is 2.10. The van der Waals surface area contributed by atoms with E-state index in [1.54, 1.807) is 37.3 Å². The fourth-order valence-corrected chi connectivity index (χ4v) is 2.60. The third-order valence-corrected chi connectivity index (χ3v) is 3.66. The lowest BCUT2D eigenvalue weighted by molar-refractivity contribution is 0.0618. The number of hydrogen-bond acceptors (Lipinski definition) is 2. The predicted octanol–water partition coefficient (Wildman–Crippen LogP) is 3.38. The number of pyridine rings is 1. The van der Waals surface area contributed by atoms with Gasteiger partial charge in [-0.1, -0.05) is 30.3 Å². The number of nitrogens with zero attached hydrogens (tertiary/aromatic N) is 1. The van der Waals surface area contributed by atoms with Crippen LogP contribution in [-0.4, -0.2) is 10.8 Å². The average molecular weight is 255 g/mol. The van der Waals surface area contributed by atoms with Gasteiger partial charge in [0.25, 0.3) is 0 Å². The van der Waals surface area contributed by atoms with E-state index in [1.165, 1.54) is 0 Å². The van der Waals surface area contributed by atoms with Crippen LogP contribution in [0.2, 0.25) is 0 Å². The molecule has 0 aliphatic heterocycles. The van der Waals surface area contributed by atoms with Gasteiger partial charge in [-0.15, -0.1) is 0 Å². The number of halogens is 1. The number of rotatable bonds is 1. The number of aromatic nitrogens is 1. The standard InChI is InChI=1S/C16H14FNO/c1-11-5-4-8-14(18-11)16(17)10-9-12-6-2-3-7-13(12)15(16)19/h2-8H,9-10H2,1H3/t16-/m1/s1. The van der Waals surface area contributed by atoms with Crippen molar-refractivity contribution >= 4 is 5.78 Å². The molecule has 0 amide bonds. The summed E-state index contributed by atoms with van der Waals surface area (Å²) in [5.41, 5.74) is 0.376. The van der Waals surface area contributed by atoms with Crippen LogP contribution in [0.4, 0.5) is 4.39 Å². The summed E-state index contributed by atoms with van der Waals surface area (Å²) < 4.78 is 15.1. The second-order valence-corrected chi connectivity index (χ2v) is 4.95. The predicted molar refractivity (Wildman–Crippen MR) is 70.9 cm³/mol. The van der Waals surface area contributed by atoms with E-state index in [4.69, 9.17) is 0 Å². The van der Waals surface area contributed by atoms with E-state index in [1.807, 2.05) is 12.1 Å². The molecule has 1 aliphatic carbocycles. The Morgan fingerprint density at radius 1 is 1.16 bits per heavy atom. The molecular weight excluding hydrogens is 241 g/mol. The van der Waals surface area contributed by atoms with Gasteiger partial charge in [0.2, 0.25) is 11.5 Å². The molecule has 2 aromatic rings. The maximum Gasteiger partial charge on any atom is 0.215 e. The van der Waals surface area contributed by atoms with E-state index in [2.05, 4.69) is 4.98 Å². The van der Waals surface area contributed by atoms with Gasteiger partial charge < -0.3 is 0 Å². The Morgan fingerprint density at radius 3 is 2.74 bits per heavy atom. The van der Waals surface area contributed by atoms with Gasteiger partial charge in [0.1, 0.15) is 0 Å². The Hall–Kier alpha value is -2.03. The molecule has 0 saturated carbocycles. The van der Waals surface area contributed by atoms with Crippen LogP contribution in [0, 0.1) is 6.92 Å². The fraction of sp³-hybridized carbons (Fsp3) is 0.250. The van der Waals surface area contributed by atoms with E-state index >= 15 is 4.39 Å². The third kappa shape index (κ3) is 1.86. The lowest BCUT2D eigenvalue weighted by atomic mass is 9.78. The van der Waals surface area contributed by atoms with Crippen molar-refractivity contribution in [3.8, 4) is 0 Å². The molecule has 0 N–H and O–H groups in total. The SMILES string of the molecule is Cc1cccc([C@]2(F)CCc3ccccc3C2=O)n1. The van der Waals surface area contributed by atoms with Crippen molar-refractivity contribution in [1.82, 2.24) is 4.98 Å². The van der Waals surface area contributed by atoms with Crippen LogP contribution in [-0.2, 0) is 12.1 Å². The maximum absolute atomic E-state index is 15.1. The molecule has 0 saturated heterocycles. The van der Waals surface area contributed by atoms with Crippen molar-refractivity contribution in [3.63, 3.8) is 0 Å². The van der Waals surface area contributed by atoms with Gasteiger partial charge in [-0.05, 0) is 37.5 Å². The van der Waals surface area contributed by atoms with Crippen LogP contribution < -0.4 is 0 Å². The molecule has 0 fully saturated rings. The maximum atomic E-state index is 15.1. The zero-order chi connectivity index (χ0) is 13.5. The van der Waals surface area contributed by atoms with Crippen molar-refractivity contribution in [2.45, 2.75) is 25.4 Å². The molecule has 3 heteroatoms. The molecule has 1 heterocycles. The number of aryl methyl sites for hydroxylation is 2. The smallest absolute Gasteiger partial charge is 0.215 e. The molecule has 19 heavy (non-hydrogen) atoms. The molecule has 96 valence electrons. The molecule has 2 nitrogen and oxygen atoms in total. The molecule has 0 unspecified atom stereocenters. The number of hydrogen-bond donors (Lipinski definition) is 0. The highest BCUT2D eigenvalue weighted by Crippen LogP contribution is 2.38. The van der Waals surface area contributed by atoms with Gasteiger partial charge in [0, 0.05) is 11.3 Å². The topological polar surface area (TPSA) is 30.0 Å². The van der Waals surface area contributed by atoms with Gasteiger partial charge in [-0.2, -0.15) is 0 Å². The normalized spacial score (nSPS) is 22.1. The van der Waals surface area contributed by atoms with Crippen molar-refractivity contribution in [3.05, 3.63) is 65.0 Å². The molecule has 0 bridgehead atoms. The number of carbonyl (C=O) groups is 1. The average Bonchev–Trinajstić information content (AvgIpc) is 2.43. The summed E-state index contributed by atoms with van der Waals surface area (Å²) in [5, 5.41) is 0. The minimum absolute atomic E-state index is 0.166. The lowest BCUT2D eigenvalue weighted by Gasteiger charge is -2.29. The summed E-state index contributed by atoms with van der Waals surface area (Å²) in [5.74, 6) is -0.465. The Morgan fingerprint density at radius 2 is 1.95 bits per heavy atom. The number of benzene rings is 1. The Labute approximate surface area is 111 Å². The van der Waals surface area contributed by atoms with E-state index in [0.717, 1.165) is 11.3 Å². The summed E-state index contributed by atoms with van der Waals surface area (Å²) in [6.45, 7) is 1.80. The second-order valence-electron chi connectivity index (χ2n) is 4.95. The number of alkyl halides is 1. The van der Waals surface area contributed by atoms with Crippen LogP contribution in [0.3, 0.4) is 0 Å². The van der Waals surface area contributed by atoms with Gasteiger partial charge >= 0.3 is 0 Å². The first-order chi connectivity index (χ1) is 9.11. The summed E-state index contributed by atoms with van der Waals surface area (Å²) >= 11 is 0. The molecule has 3 rings (SSSR count). The van der Waals surface area contributed by atoms with E-state index in [0.29, 0.717) is 12.0 Å². The van der Waals surface area contributed by atoms with Gasteiger partial charge in [-0.3, -0.25) is 9.78 Å². The molecule has 1 aromatic heterocycles. The zero-order valence-corrected chi connectivity index (χ0v) is 10.7. The number of carbonyl (C=O) groups excluding carboxylic acids is 1. The molecule has 1 aliphatic rings. The minimum atomic E-state index is -1.99.